The molecule has 1 aromatic carbocycles. The zero-order valence-corrected chi connectivity index (χ0v) is 15.2. The molecule has 2 rings (SSSR count). The molecule has 1 aliphatic heterocycles. The Kier molecular flexibility index (Phi) is 6.87. The number of aliphatic hydroxyl groups is 2. The molecule has 1 aliphatic rings. The highest BCUT2D eigenvalue weighted by atomic mass is 32.3. The second kappa shape index (κ2) is 8.76. The van der Waals surface area contributed by atoms with Crippen molar-refractivity contribution in [1.29, 1.82) is 0 Å². The van der Waals surface area contributed by atoms with Crippen LogP contribution in [0.4, 0.5) is 5.69 Å². The lowest BCUT2D eigenvalue weighted by Crippen LogP contribution is -2.65. The highest BCUT2D eigenvalue weighted by Gasteiger charge is 2.46. The molecule has 1 aromatic rings. The summed E-state index contributed by atoms with van der Waals surface area (Å²) in [4.78, 5) is 21.5. The molecule has 5 atom stereocenters. The summed E-state index contributed by atoms with van der Waals surface area (Å²) in [7, 11) is -4.83. The monoisotopic (exact) mass is 422 g/mol. The first-order valence-electron chi connectivity index (χ1n) is 7.79. The fraction of sp³-hybridized carbons (Fsp3) is 0.500. The lowest BCUT2D eigenvalue weighted by atomic mass is 9.97. The van der Waals surface area contributed by atoms with Crippen LogP contribution < -0.4 is 10.1 Å². The van der Waals surface area contributed by atoms with E-state index in [1.807, 2.05) is 0 Å². The van der Waals surface area contributed by atoms with Gasteiger partial charge in [-0.05, 0) is 12.1 Å². The van der Waals surface area contributed by atoms with Gasteiger partial charge >= 0.3 is 10.4 Å². The number of nitro groups is 1. The van der Waals surface area contributed by atoms with Crippen molar-refractivity contribution in [2.45, 2.75) is 37.6 Å². The maximum atomic E-state index is 11.4. The maximum Gasteiger partial charge on any atom is 0.397 e. The van der Waals surface area contributed by atoms with E-state index < -0.39 is 58.5 Å². The molecule has 1 saturated heterocycles. The Hall–Kier alpha value is -2.36. The Morgan fingerprint density at radius 1 is 1.29 bits per heavy atom. The molecule has 4 N–H and O–H groups in total. The Balaban J connectivity index is 2.21. The highest BCUT2D eigenvalue weighted by Crippen LogP contribution is 2.26. The third kappa shape index (κ3) is 5.82. The van der Waals surface area contributed by atoms with Crippen molar-refractivity contribution in [2.75, 3.05) is 6.61 Å². The Morgan fingerprint density at radius 3 is 2.39 bits per heavy atom. The molecular formula is C14H18N2O11S. The van der Waals surface area contributed by atoms with Crippen LogP contribution in [0.1, 0.15) is 6.92 Å². The van der Waals surface area contributed by atoms with Crippen molar-refractivity contribution in [3.63, 3.8) is 0 Å². The Labute approximate surface area is 158 Å². The minimum atomic E-state index is -4.83. The van der Waals surface area contributed by atoms with E-state index in [2.05, 4.69) is 9.50 Å². The zero-order valence-electron chi connectivity index (χ0n) is 14.4. The van der Waals surface area contributed by atoms with E-state index >= 15 is 0 Å². The summed E-state index contributed by atoms with van der Waals surface area (Å²) in [6.07, 6.45) is -6.19. The molecule has 156 valence electrons. The molecule has 0 bridgehead atoms. The largest absolute Gasteiger partial charge is 0.463 e. The Morgan fingerprint density at radius 2 is 1.89 bits per heavy atom. The number of aliphatic hydroxyl groups excluding tert-OH is 2. The first-order valence-corrected chi connectivity index (χ1v) is 9.16. The topological polar surface area (TPSA) is 195 Å². The number of hydrogen-bond donors (Lipinski definition) is 4. The second-order valence-electron chi connectivity index (χ2n) is 5.83. The van der Waals surface area contributed by atoms with Crippen molar-refractivity contribution in [2.24, 2.45) is 0 Å². The predicted molar refractivity (Wildman–Crippen MR) is 89.5 cm³/mol. The summed E-state index contributed by atoms with van der Waals surface area (Å²) in [5.74, 6) is -0.506. The van der Waals surface area contributed by atoms with E-state index in [1.54, 1.807) is 0 Å². The van der Waals surface area contributed by atoms with Gasteiger partial charge in [-0.2, -0.15) is 8.42 Å². The lowest BCUT2D eigenvalue weighted by molar-refractivity contribution is -0.384. The van der Waals surface area contributed by atoms with Crippen LogP contribution in [0.5, 0.6) is 5.75 Å². The molecule has 0 radical (unpaired) electrons. The lowest BCUT2D eigenvalue weighted by Gasteiger charge is -2.42. The quantitative estimate of drug-likeness (QED) is 0.233. The van der Waals surface area contributed by atoms with E-state index in [0.717, 1.165) is 19.1 Å². The SMILES string of the molecule is CC(=O)N[C@H]1[C@@H](Oc2ccc([N+](=O)[O-])cc2)O[C@@H](COS(=O)(=O)O)[C@@H](O)[C@H]1O. The molecule has 1 fully saturated rings. The van der Waals surface area contributed by atoms with Gasteiger partial charge in [-0.1, -0.05) is 0 Å². The van der Waals surface area contributed by atoms with Crippen molar-refractivity contribution in [3.05, 3.63) is 34.4 Å². The number of non-ortho nitro benzene ring substituents is 1. The van der Waals surface area contributed by atoms with E-state index in [1.165, 1.54) is 12.1 Å². The van der Waals surface area contributed by atoms with Crippen LogP contribution >= 0.6 is 0 Å². The van der Waals surface area contributed by atoms with Gasteiger partial charge in [0.2, 0.25) is 12.2 Å². The number of hydrogen-bond acceptors (Lipinski definition) is 10. The molecule has 28 heavy (non-hydrogen) atoms. The first-order chi connectivity index (χ1) is 13.0. The molecule has 14 heteroatoms. The number of nitro benzene ring substituents is 1. The van der Waals surface area contributed by atoms with Gasteiger partial charge in [-0.25, -0.2) is 4.18 Å². The summed E-state index contributed by atoms with van der Waals surface area (Å²) in [5, 5.41) is 33.4. The zero-order chi connectivity index (χ0) is 21.1. The van der Waals surface area contributed by atoms with E-state index in [0.29, 0.717) is 0 Å². The predicted octanol–water partition coefficient (Wildman–Crippen LogP) is -1.26. The number of amides is 1. The van der Waals surface area contributed by atoms with Gasteiger partial charge in [0.25, 0.3) is 5.69 Å². The van der Waals surface area contributed by atoms with Crippen LogP contribution in [-0.4, -0.2) is 71.3 Å². The van der Waals surface area contributed by atoms with Crippen LogP contribution in [0.15, 0.2) is 24.3 Å². The van der Waals surface area contributed by atoms with Gasteiger partial charge in [-0.3, -0.25) is 19.5 Å². The fourth-order valence-corrected chi connectivity index (χ4v) is 2.80. The Bertz CT molecular complexity index is 813. The van der Waals surface area contributed by atoms with Crippen molar-refractivity contribution < 1.29 is 46.6 Å². The third-order valence-corrected chi connectivity index (χ3v) is 4.19. The number of benzene rings is 1. The van der Waals surface area contributed by atoms with Crippen LogP contribution in [0, 0.1) is 10.1 Å². The van der Waals surface area contributed by atoms with Gasteiger partial charge in [0, 0.05) is 19.1 Å². The number of ether oxygens (including phenoxy) is 2. The summed E-state index contributed by atoms with van der Waals surface area (Å²) >= 11 is 0. The average Bonchev–Trinajstić information content (AvgIpc) is 2.59. The molecule has 0 spiro atoms. The highest BCUT2D eigenvalue weighted by molar-refractivity contribution is 7.80. The number of nitrogens with zero attached hydrogens (tertiary/aromatic N) is 1. The fourth-order valence-electron chi connectivity index (χ4n) is 2.49. The summed E-state index contributed by atoms with van der Waals surface area (Å²) in [6.45, 7) is 0.305. The van der Waals surface area contributed by atoms with Gasteiger partial charge in [0.1, 0.15) is 30.1 Å². The minimum absolute atomic E-state index is 0.0731. The molecule has 0 saturated carbocycles. The molecule has 1 heterocycles. The number of carbonyl (C=O) groups excluding carboxylic acids is 1. The van der Waals surface area contributed by atoms with E-state index in [9.17, 15) is 33.5 Å². The molecule has 0 unspecified atom stereocenters. The minimum Gasteiger partial charge on any atom is -0.463 e. The number of nitrogens with one attached hydrogen (secondary N) is 1. The van der Waals surface area contributed by atoms with Gasteiger partial charge in [0.15, 0.2) is 0 Å². The first kappa shape index (κ1) is 21.9. The van der Waals surface area contributed by atoms with Gasteiger partial charge in [-0.15, -0.1) is 0 Å². The van der Waals surface area contributed by atoms with Crippen LogP contribution in [0.25, 0.3) is 0 Å². The standard InChI is InChI=1S/C14H18N2O11S/c1-7(17)15-11-13(19)12(18)10(6-25-28(22,23)24)27-14(11)26-9-4-2-8(3-5-9)16(20)21/h2-5,10-14,18-19H,6H2,1H3,(H,15,17)(H,22,23,24)/t10-,11+,12+,13-,14-/m0/s1. The van der Waals surface area contributed by atoms with E-state index in [4.69, 9.17) is 14.0 Å². The number of carbonyl (C=O) groups is 1. The van der Waals surface area contributed by atoms with Gasteiger partial charge < -0.3 is 25.0 Å². The van der Waals surface area contributed by atoms with Crippen LogP contribution in [0.2, 0.25) is 0 Å². The van der Waals surface area contributed by atoms with E-state index in [-0.39, 0.29) is 11.4 Å². The molecule has 0 aromatic heterocycles. The van der Waals surface area contributed by atoms with Crippen LogP contribution in [-0.2, 0) is 24.1 Å². The maximum absolute atomic E-state index is 11.4. The normalized spacial score (nSPS) is 27.8. The molecule has 13 nitrogen and oxygen atoms in total. The number of rotatable bonds is 7. The third-order valence-electron chi connectivity index (χ3n) is 3.75. The summed E-state index contributed by atoms with van der Waals surface area (Å²) < 4.78 is 45.1. The summed E-state index contributed by atoms with van der Waals surface area (Å²) in [5.41, 5.74) is -0.204. The smallest absolute Gasteiger partial charge is 0.397 e. The van der Waals surface area contributed by atoms with Crippen molar-refractivity contribution >= 4 is 22.0 Å². The molecule has 0 aliphatic carbocycles. The van der Waals surface area contributed by atoms with Crippen molar-refractivity contribution in [3.8, 4) is 5.75 Å². The summed E-state index contributed by atoms with van der Waals surface area (Å²) in [6, 6.07) is 3.52. The molecular weight excluding hydrogens is 404 g/mol. The second-order valence-corrected chi connectivity index (χ2v) is 6.92. The average molecular weight is 422 g/mol. The van der Waals surface area contributed by atoms with Gasteiger partial charge in [0.05, 0.1) is 11.5 Å². The van der Waals surface area contributed by atoms with Crippen LogP contribution in [0.3, 0.4) is 0 Å². The van der Waals surface area contributed by atoms with Crippen molar-refractivity contribution in [1.82, 2.24) is 5.32 Å². The molecule has 1 amide bonds.